The molecule has 17 nitrogen and oxygen atoms in total. The van der Waals surface area contributed by atoms with E-state index in [0.717, 1.165) is 32.1 Å². The number of hydrogen-bond donors (Lipinski definition) is 8. The minimum Gasteiger partial charge on any atom is -0.480 e. The first kappa shape index (κ1) is 43.0. The third kappa shape index (κ3) is 22.5. The number of unbranched alkanes of at least 4 members (excludes halogenated alkanes) is 1. The maximum absolute atomic E-state index is 12.3. The van der Waals surface area contributed by atoms with Crippen molar-refractivity contribution in [3.63, 3.8) is 0 Å². The van der Waals surface area contributed by atoms with Gasteiger partial charge in [0.1, 0.15) is 25.3 Å². The largest absolute Gasteiger partial charge is 0.480 e. The zero-order valence-electron chi connectivity index (χ0n) is 27.5. The fourth-order valence-electron chi connectivity index (χ4n) is 4.62. The van der Waals surface area contributed by atoms with Crippen LogP contribution in [0.15, 0.2) is 0 Å². The van der Waals surface area contributed by atoms with E-state index >= 15 is 0 Å². The van der Waals surface area contributed by atoms with Gasteiger partial charge in [-0.25, -0.2) is 4.79 Å². The third-order valence-electron chi connectivity index (χ3n) is 7.29. The van der Waals surface area contributed by atoms with Crippen LogP contribution in [0.3, 0.4) is 0 Å². The number of carbonyl (C=O) groups excluding carboxylic acids is 4. The molecule has 0 aromatic rings. The Morgan fingerprint density at radius 3 is 1.69 bits per heavy atom. The molecule has 0 aromatic carbocycles. The predicted molar refractivity (Wildman–Crippen MR) is 175 cm³/mol. The molecule has 7 N–H and O–H groups in total. The van der Waals surface area contributed by atoms with Crippen molar-refractivity contribution in [2.75, 3.05) is 72.5 Å². The first-order valence-corrected chi connectivity index (χ1v) is 16.8. The Kier molecular flexibility index (Phi) is 25.0. The van der Waals surface area contributed by atoms with Crippen molar-refractivity contribution in [3.8, 4) is 0 Å². The van der Waals surface area contributed by atoms with E-state index in [9.17, 15) is 33.9 Å². The zero-order valence-corrected chi connectivity index (χ0v) is 28.4. The Morgan fingerprint density at radius 1 is 0.625 bits per heavy atom. The molecule has 1 rings (SSSR count). The number of carboxylic acids is 2. The van der Waals surface area contributed by atoms with Crippen molar-refractivity contribution < 1.29 is 57.9 Å². The summed E-state index contributed by atoms with van der Waals surface area (Å²) in [5, 5.41) is 28.8. The molecule has 4 amide bonds. The lowest BCUT2D eigenvalue weighted by Crippen LogP contribution is -2.44. The standard InChI is InChI=1S/C30H53N5O12S/c36-25(10-9-23(29(40)41)34-28(39)22-6-2-1-3-7-22)32-12-14-44-16-19-47-21-27(38)33-13-15-45-17-18-46-20-26(37)31-11-5-4-8-24(35-48)30(42)43/h22-24,35,48H,1-21H2,(H,31,37)(H,32,36)(H,33,38)(H,34,39)(H,40,41)(H,42,43)/t23-,24?/m0/s1. The van der Waals surface area contributed by atoms with Crippen molar-refractivity contribution in [1.82, 2.24) is 26.0 Å². The van der Waals surface area contributed by atoms with Crippen LogP contribution < -0.4 is 26.0 Å². The highest BCUT2D eigenvalue weighted by atomic mass is 32.1. The Labute approximate surface area is 286 Å². The van der Waals surface area contributed by atoms with Crippen LogP contribution in [0.5, 0.6) is 0 Å². The number of hydrogen-bond acceptors (Lipinski definition) is 12. The highest BCUT2D eigenvalue weighted by Crippen LogP contribution is 2.23. The maximum Gasteiger partial charge on any atom is 0.326 e. The molecule has 18 heteroatoms. The van der Waals surface area contributed by atoms with Gasteiger partial charge in [0.05, 0.1) is 39.6 Å². The normalized spacial score (nSPS) is 14.4. The molecule has 0 radical (unpaired) electrons. The topological polar surface area (TPSA) is 240 Å². The minimum atomic E-state index is -1.17. The smallest absolute Gasteiger partial charge is 0.326 e. The molecular weight excluding hydrogens is 654 g/mol. The molecule has 1 aliphatic rings. The van der Waals surface area contributed by atoms with E-state index in [1.54, 1.807) is 0 Å². The number of carboxylic acid groups (broad SMARTS) is 2. The first-order chi connectivity index (χ1) is 23.1. The van der Waals surface area contributed by atoms with Crippen LogP contribution in [-0.4, -0.2) is 130 Å². The van der Waals surface area contributed by atoms with Gasteiger partial charge in [-0.3, -0.25) is 28.7 Å². The van der Waals surface area contributed by atoms with Crippen molar-refractivity contribution in [2.24, 2.45) is 5.92 Å². The van der Waals surface area contributed by atoms with Gasteiger partial charge < -0.3 is 50.4 Å². The Balaban J connectivity index is 1.91. The molecule has 0 spiro atoms. The zero-order chi connectivity index (χ0) is 35.4. The number of amides is 4. The van der Waals surface area contributed by atoms with E-state index in [0.29, 0.717) is 25.8 Å². The molecule has 1 saturated carbocycles. The van der Waals surface area contributed by atoms with Gasteiger partial charge in [-0.15, -0.1) is 0 Å². The second-order valence-electron chi connectivity index (χ2n) is 11.2. The van der Waals surface area contributed by atoms with Crippen LogP contribution in [0.25, 0.3) is 0 Å². The highest BCUT2D eigenvalue weighted by Gasteiger charge is 2.26. The summed E-state index contributed by atoms with van der Waals surface area (Å²) in [5.41, 5.74) is 0. The van der Waals surface area contributed by atoms with Crippen molar-refractivity contribution in [1.29, 1.82) is 0 Å². The fourth-order valence-corrected chi connectivity index (χ4v) is 4.86. The maximum atomic E-state index is 12.3. The summed E-state index contributed by atoms with van der Waals surface area (Å²) < 4.78 is 23.6. The summed E-state index contributed by atoms with van der Waals surface area (Å²) in [7, 11) is 0. The second kappa shape index (κ2) is 27.9. The number of ether oxygens (including phenoxy) is 4. The van der Waals surface area contributed by atoms with Gasteiger partial charge in [-0.1, -0.05) is 32.1 Å². The number of nitrogens with one attached hydrogen (secondary N) is 5. The van der Waals surface area contributed by atoms with Crippen LogP contribution in [0.4, 0.5) is 0 Å². The van der Waals surface area contributed by atoms with Gasteiger partial charge >= 0.3 is 11.9 Å². The lowest BCUT2D eigenvalue weighted by molar-refractivity contribution is -0.143. The molecule has 1 aliphatic carbocycles. The molecular formula is C30H53N5O12S. The quantitative estimate of drug-likeness (QED) is 0.0358. The average Bonchev–Trinajstić information content (AvgIpc) is 3.06. The van der Waals surface area contributed by atoms with Gasteiger partial charge in [0.2, 0.25) is 23.6 Å². The SMILES string of the molecule is O=C(CC[C@H](NC(=O)C1CCCCC1)C(=O)O)NCCOCCOCC(=O)NCCOCCOCC(=O)NCCCCC(NS)C(=O)O. The molecule has 0 aliphatic heterocycles. The molecule has 0 heterocycles. The highest BCUT2D eigenvalue weighted by molar-refractivity contribution is 7.78. The van der Waals surface area contributed by atoms with E-state index in [1.165, 1.54) is 0 Å². The molecule has 48 heavy (non-hydrogen) atoms. The summed E-state index contributed by atoms with van der Waals surface area (Å²) in [6.45, 7) is 1.90. The van der Waals surface area contributed by atoms with Gasteiger partial charge in [0.25, 0.3) is 0 Å². The van der Waals surface area contributed by atoms with Crippen molar-refractivity contribution >= 4 is 48.4 Å². The predicted octanol–water partition coefficient (Wildman–Crippen LogP) is -0.611. The minimum absolute atomic E-state index is 0.00428. The van der Waals surface area contributed by atoms with Crippen LogP contribution in [-0.2, 0) is 47.7 Å². The fraction of sp³-hybridized carbons (Fsp3) is 0.800. The summed E-state index contributed by atoms with van der Waals surface area (Å²) in [6.07, 6.45) is 6.13. The summed E-state index contributed by atoms with van der Waals surface area (Å²) in [4.78, 5) is 70.3. The van der Waals surface area contributed by atoms with Crippen molar-refractivity contribution in [2.45, 2.75) is 76.3 Å². The monoisotopic (exact) mass is 707 g/mol. The molecule has 0 saturated heterocycles. The van der Waals surface area contributed by atoms with E-state index in [2.05, 4.69) is 38.8 Å². The van der Waals surface area contributed by atoms with Gasteiger partial charge in [0, 0.05) is 32.0 Å². The Bertz CT molecular complexity index is 971. The van der Waals surface area contributed by atoms with Gasteiger partial charge in [0.15, 0.2) is 0 Å². The number of aliphatic carboxylic acids is 2. The molecule has 2 atom stereocenters. The Hall–Kier alpha value is -3.03. The number of thiol groups is 1. The van der Waals surface area contributed by atoms with Gasteiger partial charge in [-0.05, 0) is 38.5 Å². The molecule has 1 fully saturated rings. The molecule has 0 aromatic heterocycles. The molecule has 276 valence electrons. The number of rotatable bonds is 29. The molecule has 1 unspecified atom stereocenters. The Morgan fingerprint density at radius 2 is 1.15 bits per heavy atom. The first-order valence-electron chi connectivity index (χ1n) is 16.4. The summed E-state index contributed by atoms with van der Waals surface area (Å²) >= 11 is 3.77. The van der Waals surface area contributed by atoms with Crippen LogP contribution in [0, 0.1) is 5.92 Å². The average molecular weight is 708 g/mol. The van der Waals surface area contributed by atoms with Crippen LogP contribution in [0.1, 0.15) is 64.2 Å². The lowest BCUT2D eigenvalue weighted by atomic mass is 9.88. The number of carbonyl (C=O) groups is 6. The van der Waals surface area contributed by atoms with Crippen LogP contribution >= 0.6 is 12.8 Å². The van der Waals surface area contributed by atoms with Gasteiger partial charge in [-0.2, -0.15) is 0 Å². The lowest BCUT2D eigenvalue weighted by Gasteiger charge is -2.23. The van der Waals surface area contributed by atoms with E-state index in [4.69, 9.17) is 24.1 Å². The van der Waals surface area contributed by atoms with E-state index < -0.39 is 24.0 Å². The van der Waals surface area contributed by atoms with Crippen molar-refractivity contribution in [3.05, 3.63) is 0 Å². The van der Waals surface area contributed by atoms with E-state index in [-0.39, 0.29) is 108 Å². The van der Waals surface area contributed by atoms with Crippen LogP contribution in [0.2, 0.25) is 0 Å². The second-order valence-corrected chi connectivity index (χ2v) is 11.4. The molecule has 0 bridgehead atoms. The summed E-state index contributed by atoms with van der Waals surface area (Å²) in [6, 6.07) is -1.83. The third-order valence-corrected chi connectivity index (χ3v) is 7.61. The summed E-state index contributed by atoms with van der Waals surface area (Å²) in [5.74, 6) is -3.50. The van der Waals surface area contributed by atoms with E-state index in [1.807, 2.05) is 0 Å².